The number of benzene rings is 2. The van der Waals surface area contributed by atoms with Crippen molar-refractivity contribution >= 4 is 29.9 Å². The first kappa shape index (κ1) is 18.4. The number of amides is 1. The van der Waals surface area contributed by atoms with E-state index in [2.05, 4.69) is 20.5 Å². The predicted molar refractivity (Wildman–Crippen MR) is 105 cm³/mol. The number of nitrogens with one attached hydrogen (secondary N) is 3. The molecular formula is C19H18N4O3S. The summed E-state index contributed by atoms with van der Waals surface area (Å²) in [5.41, 5.74) is 1.78. The Morgan fingerprint density at radius 2 is 1.81 bits per heavy atom. The molecule has 0 bridgehead atoms. The van der Waals surface area contributed by atoms with Gasteiger partial charge in [-0.2, -0.15) is 4.98 Å². The summed E-state index contributed by atoms with van der Waals surface area (Å²) in [4.78, 5) is 16.8. The van der Waals surface area contributed by atoms with E-state index in [0.29, 0.717) is 28.6 Å². The maximum Gasteiger partial charge on any atom is 0.255 e. The molecule has 0 atom stereocenters. The average molecular weight is 382 g/mol. The Bertz CT molecular complexity index is 1020. The van der Waals surface area contributed by atoms with Crippen LogP contribution in [0, 0.1) is 4.77 Å². The molecule has 3 N–H and O–H groups in total. The van der Waals surface area contributed by atoms with Crippen LogP contribution >= 0.6 is 12.2 Å². The standard InChI is InChI=1S/C19H18N4O3S/c1-25-15-9-8-12(11-16(15)26-2)10-14(17-21-19(27)23-22-17)20-18(24)13-6-4-3-5-7-13/h3-11H,1-2H3,(H,20,24)(H2,21,22,23,27). The fourth-order valence-corrected chi connectivity index (χ4v) is 2.60. The largest absolute Gasteiger partial charge is 0.493 e. The van der Waals surface area contributed by atoms with Crippen molar-refractivity contribution in [3.63, 3.8) is 0 Å². The molecule has 1 heterocycles. The molecule has 0 radical (unpaired) electrons. The molecule has 1 aromatic heterocycles. The number of nitrogens with zero attached hydrogens (tertiary/aromatic N) is 1. The zero-order chi connectivity index (χ0) is 19.2. The Hall–Kier alpha value is -3.39. The summed E-state index contributed by atoms with van der Waals surface area (Å²) in [5.74, 6) is 1.35. The van der Waals surface area contributed by atoms with Gasteiger partial charge in [-0.15, -0.1) is 0 Å². The van der Waals surface area contributed by atoms with Gasteiger partial charge in [-0.3, -0.25) is 15.0 Å². The number of methoxy groups -OCH3 is 2. The molecule has 0 saturated carbocycles. The third-order valence-corrected chi connectivity index (χ3v) is 3.95. The summed E-state index contributed by atoms with van der Waals surface area (Å²) in [5, 5.41) is 8.45. The van der Waals surface area contributed by atoms with Gasteiger partial charge in [-0.1, -0.05) is 24.3 Å². The second-order valence-electron chi connectivity index (χ2n) is 5.51. The lowest BCUT2D eigenvalue weighted by atomic mass is 10.1. The van der Waals surface area contributed by atoms with Crippen LogP contribution in [0.1, 0.15) is 21.7 Å². The van der Waals surface area contributed by atoms with Crippen molar-refractivity contribution in [2.24, 2.45) is 0 Å². The van der Waals surface area contributed by atoms with Gasteiger partial charge in [0.1, 0.15) is 0 Å². The Morgan fingerprint density at radius 1 is 1.07 bits per heavy atom. The number of aromatic amines is 2. The number of rotatable bonds is 6. The van der Waals surface area contributed by atoms with Gasteiger partial charge in [0, 0.05) is 5.56 Å². The smallest absolute Gasteiger partial charge is 0.255 e. The number of hydrogen-bond acceptors (Lipinski definition) is 5. The topological polar surface area (TPSA) is 92.0 Å². The maximum absolute atomic E-state index is 12.6. The van der Waals surface area contributed by atoms with E-state index in [1.54, 1.807) is 56.7 Å². The zero-order valence-corrected chi connectivity index (χ0v) is 15.6. The molecule has 0 saturated heterocycles. The van der Waals surface area contributed by atoms with Crippen LogP contribution in [0.4, 0.5) is 0 Å². The van der Waals surface area contributed by atoms with E-state index in [0.717, 1.165) is 5.56 Å². The molecule has 0 aliphatic rings. The Balaban J connectivity index is 1.98. The molecule has 3 aromatic rings. The van der Waals surface area contributed by atoms with E-state index in [1.807, 2.05) is 12.1 Å². The van der Waals surface area contributed by atoms with Gasteiger partial charge in [0.05, 0.1) is 19.9 Å². The number of carbonyl (C=O) groups excluding carboxylic acids is 1. The van der Waals surface area contributed by atoms with E-state index >= 15 is 0 Å². The van der Waals surface area contributed by atoms with Gasteiger partial charge >= 0.3 is 0 Å². The van der Waals surface area contributed by atoms with Crippen molar-refractivity contribution in [2.45, 2.75) is 0 Å². The normalized spacial score (nSPS) is 11.1. The molecule has 2 aromatic carbocycles. The van der Waals surface area contributed by atoms with Crippen LogP contribution in [-0.4, -0.2) is 35.3 Å². The second-order valence-corrected chi connectivity index (χ2v) is 5.89. The number of ether oxygens (including phenoxy) is 2. The third kappa shape index (κ3) is 4.42. The van der Waals surface area contributed by atoms with E-state index in [4.69, 9.17) is 21.7 Å². The molecule has 1 amide bonds. The van der Waals surface area contributed by atoms with Crippen molar-refractivity contribution in [1.29, 1.82) is 0 Å². The van der Waals surface area contributed by atoms with Crippen LogP contribution in [0.3, 0.4) is 0 Å². The lowest BCUT2D eigenvalue weighted by molar-refractivity contribution is 0.0973. The molecule has 0 aliphatic heterocycles. The van der Waals surface area contributed by atoms with Gasteiger partial charge < -0.3 is 14.8 Å². The lowest BCUT2D eigenvalue weighted by Crippen LogP contribution is -2.22. The molecule has 3 rings (SSSR count). The minimum Gasteiger partial charge on any atom is -0.493 e. The quantitative estimate of drug-likeness (QED) is 0.568. The summed E-state index contributed by atoms with van der Waals surface area (Å²) in [6, 6.07) is 14.3. The summed E-state index contributed by atoms with van der Waals surface area (Å²) in [6.07, 6.45) is 1.77. The summed E-state index contributed by atoms with van der Waals surface area (Å²) >= 11 is 5.02. The number of aromatic nitrogens is 3. The van der Waals surface area contributed by atoms with Gasteiger partial charge in [-0.05, 0) is 48.1 Å². The Morgan fingerprint density at radius 3 is 2.44 bits per heavy atom. The van der Waals surface area contributed by atoms with Crippen LogP contribution in [-0.2, 0) is 0 Å². The van der Waals surface area contributed by atoms with E-state index in [1.165, 1.54) is 0 Å². The summed E-state index contributed by atoms with van der Waals surface area (Å²) < 4.78 is 10.9. The predicted octanol–water partition coefficient (Wildman–Crippen LogP) is 3.41. The number of hydrogen-bond donors (Lipinski definition) is 3. The third-order valence-electron chi connectivity index (χ3n) is 3.76. The molecule has 0 spiro atoms. The fraction of sp³-hybridized carbons (Fsp3) is 0.105. The molecule has 0 fully saturated rings. The lowest BCUT2D eigenvalue weighted by Gasteiger charge is -2.10. The molecule has 0 unspecified atom stereocenters. The van der Waals surface area contributed by atoms with Crippen molar-refractivity contribution in [2.75, 3.05) is 14.2 Å². The van der Waals surface area contributed by atoms with Gasteiger partial charge in [0.2, 0.25) is 4.77 Å². The van der Waals surface area contributed by atoms with E-state index < -0.39 is 0 Å². The van der Waals surface area contributed by atoms with Gasteiger partial charge in [0.25, 0.3) is 5.91 Å². The molecular weight excluding hydrogens is 364 g/mol. The monoisotopic (exact) mass is 382 g/mol. The van der Waals surface area contributed by atoms with Gasteiger partial charge in [0.15, 0.2) is 17.3 Å². The number of carbonyl (C=O) groups is 1. The van der Waals surface area contributed by atoms with Crippen LogP contribution in [0.15, 0.2) is 48.5 Å². The maximum atomic E-state index is 12.6. The molecule has 7 nitrogen and oxygen atoms in total. The van der Waals surface area contributed by atoms with Crippen molar-refractivity contribution in [1.82, 2.24) is 20.5 Å². The molecule has 138 valence electrons. The van der Waals surface area contributed by atoms with E-state index in [-0.39, 0.29) is 10.7 Å². The van der Waals surface area contributed by atoms with Gasteiger partial charge in [-0.25, -0.2) is 0 Å². The highest BCUT2D eigenvalue weighted by molar-refractivity contribution is 7.71. The first-order chi connectivity index (χ1) is 13.1. The SMILES string of the molecule is COc1ccc(C=C(NC(=O)c2ccccc2)c2nc(=S)[nH][nH]2)cc1OC. The van der Waals surface area contributed by atoms with E-state index in [9.17, 15) is 4.79 Å². The highest BCUT2D eigenvalue weighted by Crippen LogP contribution is 2.28. The number of H-pyrrole nitrogens is 2. The summed E-state index contributed by atoms with van der Waals surface area (Å²) in [7, 11) is 3.14. The highest BCUT2D eigenvalue weighted by Gasteiger charge is 2.13. The summed E-state index contributed by atoms with van der Waals surface area (Å²) in [6.45, 7) is 0. The molecule has 8 heteroatoms. The molecule has 0 aliphatic carbocycles. The van der Waals surface area contributed by atoms with Crippen molar-refractivity contribution < 1.29 is 14.3 Å². The highest BCUT2D eigenvalue weighted by atomic mass is 32.1. The minimum atomic E-state index is -0.260. The average Bonchev–Trinajstić information content (AvgIpc) is 3.14. The van der Waals surface area contributed by atoms with Crippen LogP contribution < -0.4 is 14.8 Å². The van der Waals surface area contributed by atoms with Crippen LogP contribution in [0.5, 0.6) is 11.5 Å². The zero-order valence-electron chi connectivity index (χ0n) is 14.8. The Kier molecular flexibility index (Phi) is 5.68. The first-order valence-electron chi connectivity index (χ1n) is 8.06. The van der Waals surface area contributed by atoms with Crippen LogP contribution in [0.2, 0.25) is 0 Å². The first-order valence-corrected chi connectivity index (χ1v) is 8.46. The van der Waals surface area contributed by atoms with Crippen LogP contribution in [0.25, 0.3) is 11.8 Å². The van der Waals surface area contributed by atoms with Crippen molar-refractivity contribution in [3.05, 3.63) is 70.3 Å². The fourth-order valence-electron chi connectivity index (χ4n) is 2.45. The second kappa shape index (κ2) is 8.33. The van der Waals surface area contributed by atoms with Crippen molar-refractivity contribution in [3.8, 4) is 11.5 Å². The molecule has 27 heavy (non-hydrogen) atoms. The minimum absolute atomic E-state index is 0.260. The Labute approximate surface area is 161 Å².